The number of aromatic nitrogens is 2. The smallest absolute Gasteiger partial charge is 0.160 e. The van der Waals surface area contributed by atoms with Crippen LogP contribution in [0.3, 0.4) is 0 Å². The monoisotopic (exact) mass is 648 g/mol. The van der Waals surface area contributed by atoms with Gasteiger partial charge in [0.05, 0.1) is 16.6 Å². The summed E-state index contributed by atoms with van der Waals surface area (Å²) in [5.74, 6) is 0.731. The number of rotatable bonds is 5. The van der Waals surface area contributed by atoms with Crippen molar-refractivity contribution in [1.82, 2.24) is 9.97 Å². The summed E-state index contributed by atoms with van der Waals surface area (Å²) in [6, 6.07) is 69.9. The highest BCUT2D eigenvalue weighted by molar-refractivity contribution is 6.05. The molecular weight excluding hydrogens is 617 g/mol. The lowest BCUT2D eigenvalue weighted by Crippen LogP contribution is -2.28. The highest BCUT2D eigenvalue weighted by Gasteiger charge is 2.46. The first-order chi connectivity index (χ1) is 25.3. The van der Waals surface area contributed by atoms with Gasteiger partial charge in [0.1, 0.15) is 0 Å². The minimum absolute atomic E-state index is 0.431. The van der Waals surface area contributed by atoms with E-state index < -0.39 is 5.41 Å². The lowest BCUT2D eigenvalue weighted by molar-refractivity contribution is 0.769. The fourth-order valence-electron chi connectivity index (χ4n) is 8.29. The average molecular weight is 649 g/mol. The predicted octanol–water partition coefficient (Wildman–Crippen LogP) is 12.1. The quantitative estimate of drug-likeness (QED) is 0.186. The van der Waals surface area contributed by atoms with E-state index in [1.54, 1.807) is 0 Å². The minimum atomic E-state index is -0.431. The highest BCUT2D eigenvalue weighted by atomic mass is 14.9. The first kappa shape index (κ1) is 29.3. The molecule has 2 nitrogen and oxygen atoms in total. The summed E-state index contributed by atoms with van der Waals surface area (Å²) in [5.41, 5.74) is 13.6. The first-order valence-electron chi connectivity index (χ1n) is 17.5. The van der Waals surface area contributed by atoms with Crippen molar-refractivity contribution in [2.45, 2.75) is 5.41 Å². The standard InChI is InChI=1S/C49H32N2/c1-5-16-33(17-6-1)47-43-30-36(28-29-46(43)50-48(51-47)34-18-7-2-8-19-34)39-26-15-20-35-31-45-42(32-41(35)39)40-25-13-14-27-44(40)49(45,37-21-9-3-10-22-37)38-23-11-4-12-24-38/h1-32H. The van der Waals surface area contributed by atoms with Crippen molar-refractivity contribution in [3.05, 3.63) is 216 Å². The van der Waals surface area contributed by atoms with Gasteiger partial charge in [-0.25, -0.2) is 9.97 Å². The summed E-state index contributed by atoms with van der Waals surface area (Å²) in [6.07, 6.45) is 0. The number of hydrogen-bond acceptors (Lipinski definition) is 2. The first-order valence-corrected chi connectivity index (χ1v) is 17.5. The molecule has 0 radical (unpaired) electrons. The van der Waals surface area contributed by atoms with Crippen molar-refractivity contribution in [2.24, 2.45) is 0 Å². The predicted molar refractivity (Wildman–Crippen MR) is 211 cm³/mol. The third-order valence-electron chi connectivity index (χ3n) is 10.5. The summed E-state index contributed by atoms with van der Waals surface area (Å²) >= 11 is 0. The van der Waals surface area contributed by atoms with Crippen molar-refractivity contribution in [3.63, 3.8) is 0 Å². The fraction of sp³-hybridized carbons (Fsp3) is 0.0204. The Kier molecular flexibility index (Phi) is 6.75. The molecule has 0 unspecified atom stereocenters. The van der Waals surface area contributed by atoms with Gasteiger partial charge in [0.2, 0.25) is 0 Å². The van der Waals surface area contributed by atoms with Crippen LogP contribution in [0, 0.1) is 0 Å². The summed E-state index contributed by atoms with van der Waals surface area (Å²) in [4.78, 5) is 10.2. The molecule has 0 aliphatic heterocycles. The number of hydrogen-bond donors (Lipinski definition) is 0. The zero-order chi connectivity index (χ0) is 33.8. The molecule has 0 saturated heterocycles. The van der Waals surface area contributed by atoms with Gasteiger partial charge in [-0.15, -0.1) is 0 Å². The maximum absolute atomic E-state index is 5.17. The van der Waals surface area contributed by atoms with Crippen LogP contribution in [0.2, 0.25) is 0 Å². The van der Waals surface area contributed by atoms with Crippen LogP contribution in [0.5, 0.6) is 0 Å². The molecule has 0 atom stereocenters. The maximum Gasteiger partial charge on any atom is 0.160 e. The van der Waals surface area contributed by atoms with Crippen molar-refractivity contribution >= 4 is 21.7 Å². The largest absolute Gasteiger partial charge is 0.228 e. The van der Waals surface area contributed by atoms with Gasteiger partial charge >= 0.3 is 0 Å². The molecule has 10 rings (SSSR count). The topological polar surface area (TPSA) is 25.8 Å². The van der Waals surface area contributed by atoms with Crippen molar-refractivity contribution < 1.29 is 0 Å². The van der Waals surface area contributed by atoms with Gasteiger partial charge in [-0.2, -0.15) is 0 Å². The van der Waals surface area contributed by atoms with Crippen molar-refractivity contribution in [3.8, 4) is 44.9 Å². The molecule has 0 N–H and O–H groups in total. The Bertz CT molecular complexity index is 2680. The van der Waals surface area contributed by atoms with E-state index in [4.69, 9.17) is 9.97 Å². The Hall–Kier alpha value is -6.64. The minimum Gasteiger partial charge on any atom is -0.228 e. The van der Waals surface area contributed by atoms with Crippen LogP contribution >= 0.6 is 0 Å². The Morgan fingerprint density at radius 1 is 0.353 bits per heavy atom. The van der Waals surface area contributed by atoms with Gasteiger partial charge in [-0.3, -0.25) is 0 Å². The van der Waals surface area contributed by atoms with Gasteiger partial charge < -0.3 is 0 Å². The van der Waals surface area contributed by atoms with Gasteiger partial charge in [0, 0.05) is 16.5 Å². The Balaban J connectivity index is 1.22. The Morgan fingerprint density at radius 2 is 0.961 bits per heavy atom. The molecule has 0 amide bonds. The van der Waals surface area contributed by atoms with E-state index in [2.05, 4.69) is 170 Å². The van der Waals surface area contributed by atoms with E-state index in [1.165, 1.54) is 49.7 Å². The summed E-state index contributed by atoms with van der Waals surface area (Å²) in [6.45, 7) is 0. The van der Waals surface area contributed by atoms with E-state index in [-0.39, 0.29) is 0 Å². The van der Waals surface area contributed by atoms with Crippen molar-refractivity contribution in [2.75, 3.05) is 0 Å². The molecule has 1 aromatic heterocycles. The second-order valence-electron chi connectivity index (χ2n) is 13.3. The molecule has 1 aliphatic carbocycles. The van der Waals surface area contributed by atoms with Gasteiger partial charge in [-0.05, 0) is 79.5 Å². The molecule has 1 aliphatic rings. The van der Waals surface area contributed by atoms with E-state index in [0.29, 0.717) is 0 Å². The van der Waals surface area contributed by atoms with Crippen LogP contribution in [-0.2, 0) is 5.41 Å². The molecule has 51 heavy (non-hydrogen) atoms. The van der Waals surface area contributed by atoms with Crippen LogP contribution in [-0.4, -0.2) is 9.97 Å². The highest BCUT2D eigenvalue weighted by Crippen LogP contribution is 2.57. The second-order valence-corrected chi connectivity index (χ2v) is 13.3. The molecule has 0 saturated carbocycles. The van der Waals surface area contributed by atoms with Crippen LogP contribution < -0.4 is 0 Å². The SMILES string of the molecule is c1ccc(-c2nc(-c3ccccc3)c3cc(-c4cccc5cc6c(cc45)-c4ccccc4C6(c4ccccc4)c4ccccc4)ccc3n2)cc1. The van der Waals surface area contributed by atoms with Crippen LogP contribution in [0.4, 0.5) is 0 Å². The molecule has 8 aromatic carbocycles. The zero-order valence-electron chi connectivity index (χ0n) is 27.9. The summed E-state index contributed by atoms with van der Waals surface area (Å²) in [7, 11) is 0. The third kappa shape index (κ3) is 4.57. The maximum atomic E-state index is 5.17. The number of fused-ring (bicyclic) bond motifs is 5. The fourth-order valence-corrected chi connectivity index (χ4v) is 8.29. The average Bonchev–Trinajstić information content (AvgIpc) is 3.50. The van der Waals surface area contributed by atoms with Gasteiger partial charge in [-0.1, -0.05) is 170 Å². The van der Waals surface area contributed by atoms with E-state index in [9.17, 15) is 0 Å². The van der Waals surface area contributed by atoms with Crippen LogP contribution in [0.15, 0.2) is 194 Å². The molecule has 238 valence electrons. The Labute approximate surface area is 297 Å². The van der Waals surface area contributed by atoms with E-state index >= 15 is 0 Å². The third-order valence-corrected chi connectivity index (χ3v) is 10.5. The Morgan fingerprint density at radius 3 is 1.67 bits per heavy atom. The molecule has 0 bridgehead atoms. The summed E-state index contributed by atoms with van der Waals surface area (Å²) in [5, 5.41) is 3.48. The molecule has 9 aromatic rings. The second kappa shape index (κ2) is 11.8. The van der Waals surface area contributed by atoms with Crippen LogP contribution in [0.1, 0.15) is 22.3 Å². The number of nitrogens with zero attached hydrogens (tertiary/aromatic N) is 2. The van der Waals surface area contributed by atoms with Crippen molar-refractivity contribution in [1.29, 1.82) is 0 Å². The van der Waals surface area contributed by atoms with Gasteiger partial charge in [0.25, 0.3) is 0 Å². The molecular formula is C49H32N2. The normalized spacial score (nSPS) is 12.9. The van der Waals surface area contributed by atoms with Crippen LogP contribution in [0.25, 0.3) is 66.6 Å². The lowest BCUT2D eigenvalue weighted by atomic mass is 9.67. The van der Waals surface area contributed by atoms with E-state index in [0.717, 1.165) is 39.1 Å². The lowest BCUT2D eigenvalue weighted by Gasteiger charge is -2.34. The van der Waals surface area contributed by atoms with E-state index in [1.807, 2.05) is 24.3 Å². The van der Waals surface area contributed by atoms with Gasteiger partial charge in [0.15, 0.2) is 5.82 Å². The molecule has 1 heterocycles. The molecule has 0 spiro atoms. The number of benzene rings is 8. The zero-order valence-corrected chi connectivity index (χ0v) is 27.9. The summed E-state index contributed by atoms with van der Waals surface area (Å²) < 4.78 is 0. The molecule has 2 heteroatoms. The molecule has 0 fully saturated rings.